The highest BCUT2D eigenvalue weighted by molar-refractivity contribution is 5.75. The van der Waals surface area contributed by atoms with Gasteiger partial charge in [0.15, 0.2) is 5.65 Å². The molecule has 0 saturated carbocycles. The lowest BCUT2D eigenvalue weighted by Gasteiger charge is -2.08. The predicted molar refractivity (Wildman–Crippen MR) is 80.9 cm³/mol. The molecule has 0 spiro atoms. The van der Waals surface area contributed by atoms with E-state index in [2.05, 4.69) is 55.1 Å². The van der Waals surface area contributed by atoms with Crippen molar-refractivity contribution in [3.05, 3.63) is 47.4 Å². The van der Waals surface area contributed by atoms with Gasteiger partial charge in [0.05, 0.1) is 5.69 Å². The van der Waals surface area contributed by atoms with Gasteiger partial charge in [-0.3, -0.25) is 0 Å². The minimum absolute atomic E-state index is 0.253. The summed E-state index contributed by atoms with van der Waals surface area (Å²) >= 11 is 0. The number of fused-ring (bicyclic) bond motifs is 1. The number of nitrogens with one attached hydrogen (secondary N) is 1. The SMILES string of the molecule is CC(C)c1nn(C)c2nc(C(C)c3ccccc3)[nH]c12. The van der Waals surface area contributed by atoms with Crippen molar-refractivity contribution < 1.29 is 0 Å². The quantitative estimate of drug-likeness (QED) is 0.789. The van der Waals surface area contributed by atoms with E-state index in [4.69, 9.17) is 4.98 Å². The molecular formula is C16H20N4. The lowest BCUT2D eigenvalue weighted by atomic mass is 10.0. The molecule has 104 valence electrons. The molecule has 2 heterocycles. The number of H-pyrrole nitrogens is 1. The fourth-order valence-electron chi connectivity index (χ4n) is 2.56. The Morgan fingerprint density at radius 2 is 1.80 bits per heavy atom. The second-order valence-corrected chi connectivity index (χ2v) is 5.62. The molecule has 0 aliphatic carbocycles. The van der Waals surface area contributed by atoms with Crippen LogP contribution in [0.15, 0.2) is 30.3 Å². The number of rotatable bonds is 3. The van der Waals surface area contributed by atoms with Crippen LogP contribution >= 0.6 is 0 Å². The van der Waals surface area contributed by atoms with E-state index in [-0.39, 0.29) is 5.92 Å². The molecule has 0 saturated heterocycles. The first-order chi connectivity index (χ1) is 9.58. The van der Waals surface area contributed by atoms with Crippen LogP contribution < -0.4 is 0 Å². The second kappa shape index (κ2) is 4.78. The molecule has 1 N–H and O–H groups in total. The van der Waals surface area contributed by atoms with E-state index in [1.807, 2.05) is 17.8 Å². The van der Waals surface area contributed by atoms with E-state index in [1.165, 1.54) is 5.56 Å². The molecule has 20 heavy (non-hydrogen) atoms. The summed E-state index contributed by atoms with van der Waals surface area (Å²) < 4.78 is 1.86. The molecule has 3 rings (SSSR count). The van der Waals surface area contributed by atoms with Crippen LogP contribution in [0.3, 0.4) is 0 Å². The zero-order valence-corrected chi connectivity index (χ0v) is 12.4. The largest absolute Gasteiger partial charge is 0.339 e. The number of aromatic amines is 1. The number of benzene rings is 1. The summed E-state index contributed by atoms with van der Waals surface area (Å²) in [5.74, 6) is 1.64. The molecule has 1 atom stereocenters. The van der Waals surface area contributed by atoms with Gasteiger partial charge in [-0.05, 0) is 11.5 Å². The molecule has 1 aromatic carbocycles. The van der Waals surface area contributed by atoms with E-state index in [1.54, 1.807) is 0 Å². The third kappa shape index (κ3) is 2.01. The van der Waals surface area contributed by atoms with Crippen molar-refractivity contribution in [2.45, 2.75) is 32.6 Å². The van der Waals surface area contributed by atoms with Crippen molar-refractivity contribution in [1.82, 2.24) is 19.7 Å². The van der Waals surface area contributed by atoms with Gasteiger partial charge in [0, 0.05) is 13.0 Å². The van der Waals surface area contributed by atoms with Crippen LogP contribution in [0.5, 0.6) is 0 Å². The van der Waals surface area contributed by atoms with E-state index in [9.17, 15) is 0 Å². The average molecular weight is 268 g/mol. The molecule has 1 unspecified atom stereocenters. The van der Waals surface area contributed by atoms with Gasteiger partial charge >= 0.3 is 0 Å². The maximum Gasteiger partial charge on any atom is 0.176 e. The highest BCUT2D eigenvalue weighted by Crippen LogP contribution is 2.27. The van der Waals surface area contributed by atoms with Gasteiger partial charge < -0.3 is 4.98 Å². The summed E-state index contributed by atoms with van der Waals surface area (Å²) in [6.07, 6.45) is 0. The van der Waals surface area contributed by atoms with Crippen LogP contribution in [0.4, 0.5) is 0 Å². The summed E-state index contributed by atoms with van der Waals surface area (Å²) in [6, 6.07) is 10.4. The van der Waals surface area contributed by atoms with Crippen LogP contribution in [0, 0.1) is 0 Å². The van der Waals surface area contributed by atoms with Crippen molar-refractivity contribution in [3.63, 3.8) is 0 Å². The Kier molecular flexibility index (Phi) is 3.08. The van der Waals surface area contributed by atoms with Gasteiger partial charge in [-0.25, -0.2) is 9.67 Å². The van der Waals surface area contributed by atoms with Crippen LogP contribution in [0.25, 0.3) is 11.2 Å². The summed E-state index contributed by atoms with van der Waals surface area (Å²) in [5.41, 5.74) is 4.36. The topological polar surface area (TPSA) is 46.5 Å². The monoisotopic (exact) mass is 268 g/mol. The summed E-state index contributed by atoms with van der Waals surface area (Å²) in [6.45, 7) is 6.49. The number of imidazole rings is 1. The molecule has 4 nitrogen and oxygen atoms in total. The van der Waals surface area contributed by atoms with Crippen molar-refractivity contribution in [1.29, 1.82) is 0 Å². The van der Waals surface area contributed by atoms with Gasteiger partial charge in [0.2, 0.25) is 0 Å². The number of hydrogen-bond donors (Lipinski definition) is 1. The molecule has 0 aliphatic rings. The number of hydrogen-bond acceptors (Lipinski definition) is 2. The second-order valence-electron chi connectivity index (χ2n) is 5.62. The van der Waals surface area contributed by atoms with Crippen LogP contribution in [0.1, 0.15) is 49.7 Å². The van der Waals surface area contributed by atoms with Crippen molar-refractivity contribution in [2.24, 2.45) is 7.05 Å². The predicted octanol–water partition coefficient (Wildman–Crippen LogP) is 3.57. The molecular weight excluding hydrogens is 248 g/mol. The first-order valence-corrected chi connectivity index (χ1v) is 7.05. The third-order valence-electron chi connectivity index (χ3n) is 3.78. The molecule has 0 fully saturated rings. The van der Waals surface area contributed by atoms with E-state index < -0.39 is 0 Å². The Morgan fingerprint density at radius 1 is 1.10 bits per heavy atom. The van der Waals surface area contributed by atoms with E-state index in [0.29, 0.717) is 5.92 Å². The van der Waals surface area contributed by atoms with Gasteiger partial charge in [-0.15, -0.1) is 0 Å². The van der Waals surface area contributed by atoms with Crippen LogP contribution in [-0.2, 0) is 7.05 Å². The molecule has 0 radical (unpaired) electrons. The first-order valence-electron chi connectivity index (χ1n) is 7.05. The van der Waals surface area contributed by atoms with Gasteiger partial charge in [0.1, 0.15) is 11.3 Å². The maximum atomic E-state index is 4.74. The number of nitrogens with zero attached hydrogens (tertiary/aromatic N) is 3. The Hall–Kier alpha value is -2.10. The zero-order valence-electron chi connectivity index (χ0n) is 12.4. The Morgan fingerprint density at radius 3 is 2.45 bits per heavy atom. The van der Waals surface area contributed by atoms with E-state index in [0.717, 1.165) is 22.7 Å². The van der Waals surface area contributed by atoms with Crippen LogP contribution in [-0.4, -0.2) is 19.7 Å². The summed E-state index contributed by atoms with van der Waals surface area (Å²) in [4.78, 5) is 8.21. The average Bonchev–Trinajstić information content (AvgIpc) is 3.00. The first kappa shape index (κ1) is 12.9. The number of aryl methyl sites for hydroxylation is 1. The van der Waals surface area contributed by atoms with Crippen molar-refractivity contribution in [3.8, 4) is 0 Å². The Balaban J connectivity index is 2.07. The molecule has 2 aromatic heterocycles. The third-order valence-corrected chi connectivity index (χ3v) is 3.78. The summed E-state index contributed by atoms with van der Waals surface area (Å²) in [5, 5.41) is 4.55. The Labute approximate surface area is 118 Å². The van der Waals surface area contributed by atoms with Gasteiger partial charge in [-0.2, -0.15) is 5.10 Å². The zero-order chi connectivity index (χ0) is 14.3. The maximum absolute atomic E-state index is 4.74. The minimum Gasteiger partial charge on any atom is -0.339 e. The number of aromatic nitrogens is 4. The van der Waals surface area contributed by atoms with Gasteiger partial charge in [-0.1, -0.05) is 51.1 Å². The molecule has 0 amide bonds. The molecule has 0 aliphatic heterocycles. The Bertz CT molecular complexity index is 722. The molecule has 0 bridgehead atoms. The smallest absolute Gasteiger partial charge is 0.176 e. The highest BCUT2D eigenvalue weighted by atomic mass is 15.3. The van der Waals surface area contributed by atoms with Crippen LogP contribution in [0.2, 0.25) is 0 Å². The lowest BCUT2D eigenvalue weighted by molar-refractivity contribution is 0.716. The lowest BCUT2D eigenvalue weighted by Crippen LogP contribution is -2.00. The normalized spacial score (nSPS) is 13.2. The standard InChI is InChI=1S/C16H20N4/c1-10(2)13-14-16(20(4)19-13)18-15(17-14)11(3)12-8-6-5-7-9-12/h5-11H,1-4H3,(H,17,18). The van der Waals surface area contributed by atoms with E-state index >= 15 is 0 Å². The van der Waals surface area contributed by atoms with Gasteiger partial charge in [0.25, 0.3) is 0 Å². The van der Waals surface area contributed by atoms with Crippen molar-refractivity contribution in [2.75, 3.05) is 0 Å². The fraction of sp³-hybridized carbons (Fsp3) is 0.375. The molecule has 4 heteroatoms. The minimum atomic E-state index is 0.253. The summed E-state index contributed by atoms with van der Waals surface area (Å²) in [7, 11) is 1.95. The van der Waals surface area contributed by atoms with Crippen molar-refractivity contribution >= 4 is 11.2 Å². The fourth-order valence-corrected chi connectivity index (χ4v) is 2.56. The highest BCUT2D eigenvalue weighted by Gasteiger charge is 2.19. The molecule has 3 aromatic rings.